The van der Waals surface area contributed by atoms with Crippen LogP contribution in [0, 0.1) is 6.92 Å². The molecule has 0 radical (unpaired) electrons. The number of H-pyrrole nitrogens is 1. The van der Waals surface area contributed by atoms with Crippen LogP contribution in [0.15, 0.2) is 35.4 Å². The fourth-order valence-corrected chi connectivity index (χ4v) is 2.07. The number of aromatic amines is 1. The van der Waals surface area contributed by atoms with Gasteiger partial charge in [-0.25, -0.2) is 19.3 Å². The minimum atomic E-state index is -0.270. The van der Waals surface area contributed by atoms with Gasteiger partial charge in [0.1, 0.15) is 11.6 Å². The van der Waals surface area contributed by atoms with Crippen LogP contribution in [0.3, 0.4) is 0 Å². The Balaban J connectivity index is 1.73. The number of aryl methyl sites for hydroxylation is 1. The molecule has 0 aromatic carbocycles. The van der Waals surface area contributed by atoms with Gasteiger partial charge in [-0.05, 0) is 31.0 Å². The van der Waals surface area contributed by atoms with Crippen molar-refractivity contribution in [2.45, 2.75) is 13.3 Å². The van der Waals surface area contributed by atoms with Crippen LogP contribution in [0.1, 0.15) is 11.4 Å². The summed E-state index contributed by atoms with van der Waals surface area (Å²) in [5.74, 6) is 1.32. The lowest BCUT2D eigenvalue weighted by Gasteiger charge is -2.07. The fourth-order valence-electron chi connectivity index (χ4n) is 2.07. The molecular formula is C13H14N6O. The zero-order valence-electron chi connectivity index (χ0n) is 11.0. The summed E-state index contributed by atoms with van der Waals surface area (Å²) in [4.78, 5) is 19.8. The van der Waals surface area contributed by atoms with Crippen molar-refractivity contribution < 1.29 is 0 Å². The van der Waals surface area contributed by atoms with Crippen LogP contribution in [0.5, 0.6) is 0 Å². The normalized spacial score (nSPS) is 10.8. The highest BCUT2D eigenvalue weighted by Gasteiger charge is 2.06. The van der Waals surface area contributed by atoms with E-state index >= 15 is 0 Å². The van der Waals surface area contributed by atoms with Crippen LogP contribution in [0.2, 0.25) is 0 Å². The van der Waals surface area contributed by atoms with Crippen molar-refractivity contribution in [2.75, 3.05) is 11.9 Å². The van der Waals surface area contributed by atoms with Gasteiger partial charge in [-0.3, -0.25) is 4.98 Å². The van der Waals surface area contributed by atoms with Crippen LogP contribution < -0.4 is 11.0 Å². The number of nitrogens with zero attached hydrogens (tertiary/aromatic N) is 4. The van der Waals surface area contributed by atoms with E-state index in [9.17, 15) is 4.79 Å². The second-order valence-corrected chi connectivity index (χ2v) is 4.44. The van der Waals surface area contributed by atoms with E-state index < -0.39 is 0 Å². The third kappa shape index (κ3) is 2.37. The van der Waals surface area contributed by atoms with Gasteiger partial charge in [-0.1, -0.05) is 0 Å². The van der Waals surface area contributed by atoms with Gasteiger partial charge in [-0.15, -0.1) is 0 Å². The molecule has 0 saturated heterocycles. The topological polar surface area (TPSA) is 88.0 Å². The Morgan fingerprint density at radius 2 is 2.15 bits per heavy atom. The number of rotatable bonds is 4. The molecular weight excluding hydrogens is 256 g/mol. The lowest BCUT2D eigenvalue weighted by atomic mass is 10.2. The van der Waals surface area contributed by atoms with Gasteiger partial charge >= 0.3 is 5.69 Å². The SMILES string of the molecule is Cc1nc(NCCc2ccncc2)cc2n[nH]c(=O)n12. The first-order valence-electron chi connectivity index (χ1n) is 6.31. The summed E-state index contributed by atoms with van der Waals surface area (Å²) in [6.45, 7) is 2.53. The van der Waals surface area contributed by atoms with E-state index in [0.29, 0.717) is 17.3 Å². The molecule has 7 nitrogen and oxygen atoms in total. The molecule has 0 atom stereocenters. The summed E-state index contributed by atoms with van der Waals surface area (Å²) in [5, 5.41) is 9.59. The van der Waals surface area contributed by atoms with Crippen molar-refractivity contribution in [1.29, 1.82) is 0 Å². The van der Waals surface area contributed by atoms with Gasteiger partial charge < -0.3 is 5.32 Å². The second-order valence-electron chi connectivity index (χ2n) is 4.44. The Kier molecular flexibility index (Phi) is 3.16. The van der Waals surface area contributed by atoms with Crippen LogP contribution in [0.25, 0.3) is 5.65 Å². The first-order chi connectivity index (χ1) is 9.74. The lowest BCUT2D eigenvalue weighted by Crippen LogP contribution is -2.14. The number of aromatic nitrogens is 5. The molecule has 0 unspecified atom stereocenters. The standard InChI is InChI=1S/C13H14N6O/c1-9-16-11(8-12-17-18-13(20)19(9)12)15-7-4-10-2-5-14-6-3-10/h2-3,5-6,8,15H,4,7H2,1H3,(H,18,20). The maximum atomic E-state index is 11.5. The summed E-state index contributed by atoms with van der Waals surface area (Å²) >= 11 is 0. The van der Waals surface area contributed by atoms with Gasteiger partial charge in [0.25, 0.3) is 0 Å². The molecule has 0 spiro atoms. The Morgan fingerprint density at radius 1 is 1.35 bits per heavy atom. The Labute approximate surface area is 114 Å². The number of fused-ring (bicyclic) bond motifs is 1. The van der Waals surface area contributed by atoms with Crippen LogP contribution >= 0.6 is 0 Å². The maximum Gasteiger partial charge on any atom is 0.349 e. The zero-order chi connectivity index (χ0) is 13.9. The Morgan fingerprint density at radius 3 is 2.95 bits per heavy atom. The van der Waals surface area contributed by atoms with Crippen molar-refractivity contribution in [3.63, 3.8) is 0 Å². The van der Waals surface area contributed by atoms with Crippen molar-refractivity contribution in [1.82, 2.24) is 24.6 Å². The highest BCUT2D eigenvalue weighted by molar-refractivity contribution is 5.49. The predicted molar refractivity (Wildman–Crippen MR) is 74.8 cm³/mol. The molecule has 0 amide bonds. The van der Waals surface area contributed by atoms with E-state index in [2.05, 4.69) is 25.5 Å². The molecule has 102 valence electrons. The average Bonchev–Trinajstić information content (AvgIpc) is 2.82. The second kappa shape index (κ2) is 5.12. The largest absolute Gasteiger partial charge is 0.370 e. The first kappa shape index (κ1) is 12.3. The molecule has 0 aliphatic heterocycles. The smallest absolute Gasteiger partial charge is 0.349 e. The molecule has 3 aromatic rings. The summed E-state index contributed by atoms with van der Waals surface area (Å²) in [6.07, 6.45) is 4.43. The molecule has 0 saturated carbocycles. The number of anilines is 1. The van der Waals surface area contributed by atoms with Crippen molar-refractivity contribution >= 4 is 11.5 Å². The van der Waals surface area contributed by atoms with Gasteiger partial charge in [0, 0.05) is 25.0 Å². The maximum absolute atomic E-state index is 11.5. The number of hydrogen-bond donors (Lipinski definition) is 2. The van der Waals surface area contributed by atoms with E-state index in [1.165, 1.54) is 9.96 Å². The van der Waals surface area contributed by atoms with Crippen molar-refractivity contribution in [3.05, 3.63) is 52.5 Å². The zero-order valence-corrected chi connectivity index (χ0v) is 11.0. The van der Waals surface area contributed by atoms with E-state index in [1.54, 1.807) is 25.4 Å². The van der Waals surface area contributed by atoms with E-state index in [0.717, 1.165) is 13.0 Å². The molecule has 2 N–H and O–H groups in total. The Bertz CT molecular complexity index is 776. The number of nitrogens with one attached hydrogen (secondary N) is 2. The highest BCUT2D eigenvalue weighted by Crippen LogP contribution is 2.08. The minimum Gasteiger partial charge on any atom is -0.370 e. The van der Waals surface area contributed by atoms with Crippen molar-refractivity contribution in [3.8, 4) is 0 Å². The summed E-state index contributed by atoms with van der Waals surface area (Å²) in [6, 6.07) is 5.71. The minimum absolute atomic E-state index is 0.270. The summed E-state index contributed by atoms with van der Waals surface area (Å²) in [7, 11) is 0. The Hall–Kier alpha value is -2.70. The monoisotopic (exact) mass is 270 g/mol. The van der Waals surface area contributed by atoms with Crippen LogP contribution in [0.4, 0.5) is 5.82 Å². The predicted octanol–water partition coefficient (Wildman–Crippen LogP) is 0.776. The number of hydrogen-bond acceptors (Lipinski definition) is 5. The van der Waals surface area contributed by atoms with Gasteiger partial charge in [0.05, 0.1) is 0 Å². The molecule has 3 heterocycles. The molecule has 0 aliphatic carbocycles. The number of pyridine rings is 1. The van der Waals surface area contributed by atoms with E-state index in [4.69, 9.17) is 0 Å². The third-order valence-electron chi connectivity index (χ3n) is 3.04. The van der Waals surface area contributed by atoms with E-state index in [1.807, 2.05) is 12.1 Å². The summed E-state index contributed by atoms with van der Waals surface area (Å²) in [5.41, 5.74) is 1.50. The van der Waals surface area contributed by atoms with Gasteiger partial charge in [0.15, 0.2) is 5.65 Å². The van der Waals surface area contributed by atoms with E-state index in [-0.39, 0.29) is 5.69 Å². The molecule has 3 aromatic heterocycles. The van der Waals surface area contributed by atoms with Crippen LogP contribution in [-0.4, -0.2) is 31.1 Å². The molecule has 0 bridgehead atoms. The molecule has 0 aliphatic rings. The third-order valence-corrected chi connectivity index (χ3v) is 3.04. The van der Waals surface area contributed by atoms with Crippen molar-refractivity contribution in [2.24, 2.45) is 0 Å². The fraction of sp³-hybridized carbons (Fsp3) is 0.231. The molecule has 7 heteroatoms. The quantitative estimate of drug-likeness (QED) is 0.731. The highest BCUT2D eigenvalue weighted by atomic mass is 16.1. The average molecular weight is 270 g/mol. The van der Waals surface area contributed by atoms with Crippen LogP contribution in [-0.2, 0) is 6.42 Å². The lowest BCUT2D eigenvalue weighted by molar-refractivity contribution is 0.925. The van der Waals surface area contributed by atoms with Gasteiger partial charge in [-0.2, -0.15) is 5.10 Å². The van der Waals surface area contributed by atoms with Gasteiger partial charge in [0.2, 0.25) is 0 Å². The summed E-state index contributed by atoms with van der Waals surface area (Å²) < 4.78 is 1.44. The molecule has 3 rings (SSSR count). The molecule has 0 fully saturated rings. The first-order valence-corrected chi connectivity index (χ1v) is 6.31. The molecule has 20 heavy (non-hydrogen) atoms.